The predicted molar refractivity (Wildman–Crippen MR) is 65.4 cm³/mol. The van der Waals surface area contributed by atoms with E-state index in [9.17, 15) is 9.50 Å². The summed E-state index contributed by atoms with van der Waals surface area (Å²) < 4.78 is 14.3. The van der Waals surface area contributed by atoms with Crippen molar-refractivity contribution in [2.24, 2.45) is 0 Å². The van der Waals surface area contributed by atoms with Gasteiger partial charge in [0.25, 0.3) is 0 Å². The van der Waals surface area contributed by atoms with Gasteiger partial charge in [-0.1, -0.05) is 22.9 Å². The Morgan fingerprint density at radius 1 is 1.35 bits per heavy atom. The Hall–Kier alpha value is -1.23. The second-order valence-electron chi connectivity index (χ2n) is 4.72. The summed E-state index contributed by atoms with van der Waals surface area (Å²) in [7, 11) is 0. The van der Waals surface area contributed by atoms with Gasteiger partial charge in [-0.25, -0.2) is 9.37 Å². The summed E-state index contributed by atoms with van der Waals surface area (Å²) in [5.41, 5.74) is 0.0920. The fraction of sp³-hybridized carbons (Fsp3) is 0.333. The number of hydrogen-bond donors (Lipinski definition) is 1. The normalized spacial score (nSPS) is 17.4. The summed E-state index contributed by atoms with van der Waals surface area (Å²) >= 11 is 3.18. The third-order valence-corrected chi connectivity index (χ3v) is 3.70. The predicted octanol–water partition coefficient (Wildman–Crippen LogP) is 3.29. The molecule has 1 N–H and O–H groups in total. The molecule has 1 heterocycles. The third kappa shape index (κ3) is 1.69. The Labute approximate surface area is 106 Å². The number of rotatable bonds is 1. The second kappa shape index (κ2) is 3.38. The molecule has 0 aliphatic heterocycles. The van der Waals surface area contributed by atoms with Crippen molar-refractivity contribution in [1.82, 2.24) is 9.97 Å². The minimum Gasteiger partial charge on any atom is -0.493 e. The molecule has 2 aromatic rings. The van der Waals surface area contributed by atoms with E-state index < -0.39 is 5.82 Å². The molecule has 1 fully saturated rings. The lowest BCUT2D eigenvalue weighted by atomic mass is 10.1. The number of aromatic hydroxyl groups is 1. The van der Waals surface area contributed by atoms with Crippen molar-refractivity contribution in [3.05, 3.63) is 28.2 Å². The summed E-state index contributed by atoms with van der Waals surface area (Å²) in [6.07, 6.45) is 1.96. The van der Waals surface area contributed by atoms with E-state index >= 15 is 0 Å². The van der Waals surface area contributed by atoms with Crippen LogP contribution in [0.4, 0.5) is 4.39 Å². The van der Waals surface area contributed by atoms with Gasteiger partial charge in [0.05, 0.1) is 5.39 Å². The van der Waals surface area contributed by atoms with Gasteiger partial charge in [0.15, 0.2) is 5.82 Å². The highest BCUT2D eigenvalue weighted by molar-refractivity contribution is 9.10. The molecule has 0 amide bonds. The highest BCUT2D eigenvalue weighted by Crippen LogP contribution is 2.47. The minimum absolute atomic E-state index is 0.0921. The molecule has 1 aromatic heterocycles. The number of benzene rings is 1. The Morgan fingerprint density at radius 2 is 2.06 bits per heavy atom. The van der Waals surface area contributed by atoms with Gasteiger partial charge < -0.3 is 5.11 Å². The van der Waals surface area contributed by atoms with Crippen LogP contribution >= 0.6 is 15.9 Å². The molecule has 0 saturated heterocycles. The fourth-order valence-corrected chi connectivity index (χ4v) is 2.25. The number of aromatic nitrogens is 2. The first kappa shape index (κ1) is 10.9. The molecule has 3 rings (SSSR count). The number of hydrogen-bond acceptors (Lipinski definition) is 3. The Balaban J connectivity index is 2.32. The van der Waals surface area contributed by atoms with Crippen LogP contribution in [-0.4, -0.2) is 15.1 Å². The van der Waals surface area contributed by atoms with E-state index in [2.05, 4.69) is 25.9 Å². The number of halogens is 2. The summed E-state index contributed by atoms with van der Waals surface area (Å²) in [6.45, 7) is 2.02. The maximum atomic E-state index is 13.8. The van der Waals surface area contributed by atoms with Crippen molar-refractivity contribution in [2.45, 2.75) is 25.2 Å². The first-order valence-electron chi connectivity index (χ1n) is 5.36. The average molecular weight is 297 g/mol. The molecule has 1 aliphatic carbocycles. The fourth-order valence-electron chi connectivity index (χ4n) is 1.82. The van der Waals surface area contributed by atoms with Crippen LogP contribution in [0.2, 0.25) is 0 Å². The summed E-state index contributed by atoms with van der Waals surface area (Å²) in [4.78, 5) is 8.32. The molecule has 88 valence electrons. The van der Waals surface area contributed by atoms with Crippen molar-refractivity contribution < 1.29 is 9.50 Å². The van der Waals surface area contributed by atoms with Gasteiger partial charge in [-0.2, -0.15) is 4.98 Å². The van der Waals surface area contributed by atoms with Gasteiger partial charge in [0.1, 0.15) is 11.3 Å². The molecule has 0 atom stereocenters. The van der Waals surface area contributed by atoms with Crippen LogP contribution < -0.4 is 0 Å². The van der Waals surface area contributed by atoms with Crippen molar-refractivity contribution in [2.75, 3.05) is 0 Å². The summed E-state index contributed by atoms with van der Waals surface area (Å²) in [5.74, 6) is -0.0698. The zero-order valence-electron chi connectivity index (χ0n) is 9.17. The lowest BCUT2D eigenvalue weighted by Crippen LogP contribution is -2.07. The largest absolute Gasteiger partial charge is 0.493 e. The van der Waals surface area contributed by atoms with Gasteiger partial charge in [-0.05, 0) is 25.0 Å². The van der Waals surface area contributed by atoms with Gasteiger partial charge in [0, 0.05) is 9.89 Å². The van der Waals surface area contributed by atoms with Crippen LogP contribution in [0.5, 0.6) is 5.88 Å². The van der Waals surface area contributed by atoms with Crippen molar-refractivity contribution in [1.29, 1.82) is 0 Å². The molecule has 0 unspecified atom stereocenters. The molecule has 17 heavy (non-hydrogen) atoms. The first-order valence-corrected chi connectivity index (χ1v) is 6.15. The van der Waals surface area contributed by atoms with Crippen LogP contribution in [0.25, 0.3) is 10.9 Å². The molecule has 0 radical (unpaired) electrons. The molecule has 5 heteroatoms. The molecule has 1 saturated carbocycles. The standard InChI is InChI=1S/C12H10BrFN2O/c1-12(2-3-12)11-15-9-7(10(17)16-11)4-6(13)5-8(9)14/h4-5H,2-3H2,1H3,(H,15,16,17). The lowest BCUT2D eigenvalue weighted by Gasteiger charge is -2.09. The minimum atomic E-state index is -0.447. The van der Waals surface area contributed by atoms with Gasteiger partial charge in [-0.3, -0.25) is 0 Å². The Kier molecular flexibility index (Phi) is 2.17. The first-order chi connectivity index (χ1) is 7.99. The van der Waals surface area contributed by atoms with E-state index in [0.29, 0.717) is 15.7 Å². The van der Waals surface area contributed by atoms with Crippen LogP contribution in [0, 0.1) is 5.82 Å². The molecule has 0 spiro atoms. The monoisotopic (exact) mass is 296 g/mol. The van der Waals surface area contributed by atoms with Gasteiger partial charge >= 0.3 is 0 Å². The van der Waals surface area contributed by atoms with E-state index in [1.54, 1.807) is 6.07 Å². The van der Waals surface area contributed by atoms with Crippen LogP contribution in [-0.2, 0) is 5.41 Å². The zero-order chi connectivity index (χ0) is 12.2. The summed E-state index contributed by atoms with van der Waals surface area (Å²) in [6, 6.07) is 2.96. The highest BCUT2D eigenvalue weighted by atomic mass is 79.9. The Morgan fingerprint density at radius 3 is 2.71 bits per heavy atom. The third-order valence-electron chi connectivity index (χ3n) is 3.24. The van der Waals surface area contributed by atoms with Gasteiger partial charge in [0.2, 0.25) is 5.88 Å². The Bertz CT molecular complexity index is 625. The second-order valence-corrected chi connectivity index (χ2v) is 5.63. The molecule has 0 bridgehead atoms. The van der Waals surface area contributed by atoms with Crippen LogP contribution in [0.15, 0.2) is 16.6 Å². The van der Waals surface area contributed by atoms with Crippen LogP contribution in [0.3, 0.4) is 0 Å². The average Bonchev–Trinajstić information content (AvgIpc) is 2.99. The van der Waals surface area contributed by atoms with E-state index in [1.165, 1.54) is 6.07 Å². The van der Waals surface area contributed by atoms with Gasteiger partial charge in [-0.15, -0.1) is 0 Å². The quantitative estimate of drug-likeness (QED) is 0.878. The topological polar surface area (TPSA) is 46.0 Å². The SMILES string of the molecule is CC1(c2nc(O)c3cc(Br)cc(F)c3n2)CC1. The zero-order valence-corrected chi connectivity index (χ0v) is 10.8. The van der Waals surface area contributed by atoms with Crippen molar-refractivity contribution in [3.8, 4) is 5.88 Å². The lowest BCUT2D eigenvalue weighted by molar-refractivity contribution is 0.452. The summed E-state index contributed by atoms with van der Waals surface area (Å²) in [5, 5.41) is 10.2. The highest BCUT2D eigenvalue weighted by Gasteiger charge is 2.42. The number of nitrogens with zero attached hydrogens (tertiary/aromatic N) is 2. The van der Waals surface area contributed by atoms with Crippen LogP contribution in [0.1, 0.15) is 25.6 Å². The molecule has 1 aromatic carbocycles. The van der Waals surface area contributed by atoms with E-state index in [4.69, 9.17) is 0 Å². The molecule has 3 nitrogen and oxygen atoms in total. The van der Waals surface area contributed by atoms with Crippen molar-refractivity contribution >= 4 is 26.8 Å². The van der Waals surface area contributed by atoms with E-state index in [1.807, 2.05) is 6.92 Å². The number of fused-ring (bicyclic) bond motifs is 1. The molecule has 1 aliphatic rings. The van der Waals surface area contributed by atoms with E-state index in [0.717, 1.165) is 12.8 Å². The maximum Gasteiger partial charge on any atom is 0.222 e. The van der Waals surface area contributed by atoms with E-state index in [-0.39, 0.29) is 16.8 Å². The van der Waals surface area contributed by atoms with Crippen molar-refractivity contribution in [3.63, 3.8) is 0 Å². The molecular formula is C12H10BrFN2O. The smallest absolute Gasteiger partial charge is 0.222 e. The maximum absolute atomic E-state index is 13.8. The molecular weight excluding hydrogens is 287 g/mol.